The van der Waals surface area contributed by atoms with Crippen LogP contribution in [-0.4, -0.2) is 8.42 Å². The fourth-order valence-electron chi connectivity index (χ4n) is 1.78. The number of halogens is 2. The Hall–Kier alpha value is -1.43. The predicted octanol–water partition coefficient (Wildman–Crippen LogP) is 3.52. The van der Waals surface area contributed by atoms with Crippen molar-refractivity contribution in [2.24, 2.45) is 0 Å². The normalized spacial score (nSPS) is 13.2. The Bertz CT molecular complexity index is 701. The zero-order valence-electron chi connectivity index (χ0n) is 10.7. The lowest BCUT2D eigenvalue weighted by molar-refractivity contribution is 0.547. The van der Waals surface area contributed by atoms with E-state index in [4.69, 9.17) is 11.6 Å². The van der Waals surface area contributed by atoms with E-state index in [9.17, 15) is 12.8 Å². The van der Waals surface area contributed by atoms with Crippen molar-refractivity contribution < 1.29 is 12.8 Å². The van der Waals surface area contributed by atoms with E-state index in [2.05, 4.69) is 4.72 Å². The Balaban J connectivity index is 2.24. The summed E-state index contributed by atoms with van der Waals surface area (Å²) in [6, 6.07) is 11.6. The SMILES string of the molecule is CC(NS(=O)(=O)c1ccccc1F)c1ccc(Cl)cc1. The number of nitrogens with one attached hydrogen (secondary N) is 1. The second-order valence-electron chi connectivity index (χ2n) is 4.32. The third kappa shape index (κ3) is 3.36. The molecule has 1 unspecified atom stereocenters. The van der Waals surface area contributed by atoms with Crippen molar-refractivity contribution in [3.8, 4) is 0 Å². The topological polar surface area (TPSA) is 46.2 Å². The van der Waals surface area contributed by atoms with Crippen molar-refractivity contribution >= 4 is 21.6 Å². The average Bonchev–Trinajstić information content (AvgIpc) is 2.39. The van der Waals surface area contributed by atoms with Crippen LogP contribution >= 0.6 is 11.6 Å². The van der Waals surface area contributed by atoms with Crippen LogP contribution in [0.3, 0.4) is 0 Å². The Morgan fingerprint density at radius 3 is 2.30 bits per heavy atom. The summed E-state index contributed by atoms with van der Waals surface area (Å²) >= 11 is 5.78. The molecule has 2 rings (SSSR count). The van der Waals surface area contributed by atoms with Crippen LogP contribution in [0.5, 0.6) is 0 Å². The Morgan fingerprint density at radius 1 is 1.10 bits per heavy atom. The second-order valence-corrected chi connectivity index (χ2v) is 6.44. The number of benzene rings is 2. The van der Waals surface area contributed by atoms with Gasteiger partial charge in [-0.05, 0) is 36.8 Å². The lowest BCUT2D eigenvalue weighted by Gasteiger charge is -2.15. The zero-order chi connectivity index (χ0) is 14.8. The van der Waals surface area contributed by atoms with Gasteiger partial charge in [0.05, 0.1) is 0 Å². The maximum atomic E-state index is 13.6. The first-order valence-electron chi connectivity index (χ1n) is 5.92. The minimum absolute atomic E-state index is 0.360. The van der Waals surface area contributed by atoms with Crippen molar-refractivity contribution in [3.05, 3.63) is 64.9 Å². The van der Waals surface area contributed by atoms with E-state index in [0.717, 1.165) is 11.6 Å². The molecule has 0 aliphatic rings. The minimum atomic E-state index is -3.91. The molecule has 0 spiro atoms. The van der Waals surface area contributed by atoms with E-state index >= 15 is 0 Å². The van der Waals surface area contributed by atoms with Crippen LogP contribution in [-0.2, 0) is 10.0 Å². The Kier molecular flexibility index (Phi) is 4.42. The molecule has 0 fully saturated rings. The third-order valence-electron chi connectivity index (χ3n) is 2.83. The molecule has 0 aliphatic carbocycles. The molecule has 2 aromatic rings. The Morgan fingerprint density at radius 2 is 1.70 bits per heavy atom. The molecule has 2 aromatic carbocycles. The van der Waals surface area contributed by atoms with E-state index < -0.39 is 21.9 Å². The van der Waals surface area contributed by atoms with Gasteiger partial charge in [0.25, 0.3) is 0 Å². The second kappa shape index (κ2) is 5.91. The van der Waals surface area contributed by atoms with Gasteiger partial charge >= 0.3 is 0 Å². The highest BCUT2D eigenvalue weighted by Crippen LogP contribution is 2.20. The largest absolute Gasteiger partial charge is 0.244 e. The lowest BCUT2D eigenvalue weighted by Crippen LogP contribution is -2.27. The molecule has 3 nitrogen and oxygen atoms in total. The summed E-state index contributed by atoms with van der Waals surface area (Å²) in [6.07, 6.45) is 0. The molecule has 106 valence electrons. The third-order valence-corrected chi connectivity index (χ3v) is 4.65. The van der Waals surface area contributed by atoms with Crippen LogP contribution in [0.2, 0.25) is 5.02 Å². The smallest absolute Gasteiger partial charge is 0.207 e. The lowest BCUT2D eigenvalue weighted by atomic mass is 10.1. The van der Waals surface area contributed by atoms with Crippen molar-refractivity contribution in [3.63, 3.8) is 0 Å². The van der Waals surface area contributed by atoms with Gasteiger partial charge in [-0.1, -0.05) is 35.9 Å². The van der Waals surface area contributed by atoms with Crippen molar-refractivity contribution in [2.45, 2.75) is 17.9 Å². The molecule has 1 atom stereocenters. The van der Waals surface area contributed by atoms with Gasteiger partial charge in [-0.25, -0.2) is 17.5 Å². The molecule has 0 bridgehead atoms. The van der Waals surface area contributed by atoms with Crippen LogP contribution < -0.4 is 4.72 Å². The van der Waals surface area contributed by atoms with Crippen LogP contribution in [0.1, 0.15) is 18.5 Å². The van der Waals surface area contributed by atoms with E-state index in [-0.39, 0.29) is 4.90 Å². The van der Waals surface area contributed by atoms with Gasteiger partial charge in [-0.15, -0.1) is 0 Å². The van der Waals surface area contributed by atoms with Crippen LogP contribution in [0.4, 0.5) is 4.39 Å². The molecular formula is C14H13ClFNO2S. The molecule has 0 saturated heterocycles. The van der Waals surface area contributed by atoms with E-state index in [1.54, 1.807) is 31.2 Å². The summed E-state index contributed by atoms with van der Waals surface area (Å²) in [5.74, 6) is -0.775. The van der Waals surface area contributed by atoms with Gasteiger partial charge in [-0.3, -0.25) is 0 Å². The van der Waals surface area contributed by atoms with Gasteiger partial charge in [0.2, 0.25) is 10.0 Å². The Labute approximate surface area is 122 Å². The maximum absolute atomic E-state index is 13.6. The summed E-state index contributed by atoms with van der Waals surface area (Å²) in [6.45, 7) is 1.68. The molecule has 0 saturated carbocycles. The first-order chi connectivity index (χ1) is 9.40. The molecule has 1 N–H and O–H groups in total. The van der Waals surface area contributed by atoms with E-state index in [1.807, 2.05) is 0 Å². The quantitative estimate of drug-likeness (QED) is 0.938. The van der Waals surface area contributed by atoms with E-state index in [1.165, 1.54) is 18.2 Å². The van der Waals surface area contributed by atoms with Gasteiger partial charge in [0.15, 0.2) is 0 Å². The molecule has 20 heavy (non-hydrogen) atoms. The summed E-state index contributed by atoms with van der Waals surface area (Å²) in [7, 11) is -3.91. The maximum Gasteiger partial charge on any atom is 0.244 e. The zero-order valence-corrected chi connectivity index (χ0v) is 12.2. The van der Waals surface area contributed by atoms with Gasteiger partial charge in [0, 0.05) is 11.1 Å². The molecule has 0 radical (unpaired) electrons. The number of rotatable bonds is 4. The van der Waals surface area contributed by atoms with Crippen molar-refractivity contribution in [1.29, 1.82) is 0 Å². The fourth-order valence-corrected chi connectivity index (χ4v) is 3.22. The first kappa shape index (κ1) is 15.0. The van der Waals surface area contributed by atoms with Crippen molar-refractivity contribution in [1.82, 2.24) is 4.72 Å². The van der Waals surface area contributed by atoms with E-state index in [0.29, 0.717) is 5.02 Å². The standard InChI is InChI=1S/C14H13ClFNO2S/c1-10(11-6-8-12(15)9-7-11)17-20(18,19)14-5-3-2-4-13(14)16/h2-10,17H,1H3. The van der Waals surface area contributed by atoms with Crippen LogP contribution in [0.15, 0.2) is 53.4 Å². The van der Waals surface area contributed by atoms with Crippen molar-refractivity contribution in [2.75, 3.05) is 0 Å². The number of sulfonamides is 1. The summed E-state index contributed by atoms with van der Waals surface area (Å²) in [5, 5.41) is 0.568. The molecule has 0 aliphatic heterocycles. The summed E-state index contributed by atoms with van der Waals surface area (Å²) < 4.78 is 40.2. The summed E-state index contributed by atoms with van der Waals surface area (Å²) in [4.78, 5) is -0.360. The highest BCUT2D eigenvalue weighted by atomic mass is 35.5. The highest BCUT2D eigenvalue weighted by Gasteiger charge is 2.21. The van der Waals surface area contributed by atoms with Gasteiger partial charge in [0.1, 0.15) is 10.7 Å². The molecule has 0 aromatic heterocycles. The monoisotopic (exact) mass is 313 g/mol. The molecule has 0 amide bonds. The predicted molar refractivity (Wildman–Crippen MR) is 76.6 cm³/mol. The van der Waals surface area contributed by atoms with Gasteiger partial charge in [-0.2, -0.15) is 0 Å². The van der Waals surface area contributed by atoms with Crippen LogP contribution in [0.25, 0.3) is 0 Å². The molecule has 6 heteroatoms. The van der Waals surface area contributed by atoms with Crippen LogP contribution in [0, 0.1) is 5.82 Å². The van der Waals surface area contributed by atoms with Gasteiger partial charge < -0.3 is 0 Å². The molecule has 0 heterocycles. The number of hydrogen-bond donors (Lipinski definition) is 1. The molecular weight excluding hydrogens is 301 g/mol. The highest BCUT2D eigenvalue weighted by molar-refractivity contribution is 7.89. The fraction of sp³-hybridized carbons (Fsp3) is 0.143. The average molecular weight is 314 g/mol. The number of hydrogen-bond acceptors (Lipinski definition) is 2. The minimum Gasteiger partial charge on any atom is -0.207 e. The first-order valence-corrected chi connectivity index (χ1v) is 7.78. The summed E-state index contributed by atoms with van der Waals surface area (Å²) in [5.41, 5.74) is 0.745.